The molecule has 0 unspecified atom stereocenters. The van der Waals surface area contributed by atoms with E-state index in [9.17, 15) is 9.59 Å². The van der Waals surface area contributed by atoms with Crippen molar-refractivity contribution in [2.75, 3.05) is 152 Å². The Morgan fingerprint density at radius 3 is 0.818 bits per heavy atom. The predicted molar refractivity (Wildman–Crippen MR) is 157 cm³/mol. The summed E-state index contributed by atoms with van der Waals surface area (Å²) in [6.45, 7) is 12.1. The van der Waals surface area contributed by atoms with Gasteiger partial charge in [0.05, 0.1) is 152 Å². The largest absolute Gasteiger partial charge is 0.481 e. The first kappa shape index (κ1) is 42.5. The van der Waals surface area contributed by atoms with E-state index in [2.05, 4.69) is 0 Å². The maximum absolute atomic E-state index is 11.2. The van der Waals surface area contributed by atoms with Crippen LogP contribution in [0.5, 0.6) is 0 Å². The summed E-state index contributed by atoms with van der Waals surface area (Å²) in [5, 5.41) is 8.48. The molecule has 0 aromatic rings. The number of rotatable bonds is 38. The van der Waals surface area contributed by atoms with Crippen molar-refractivity contribution in [3.63, 3.8) is 0 Å². The van der Waals surface area contributed by atoms with Crippen molar-refractivity contribution in [2.45, 2.75) is 26.2 Å². The van der Waals surface area contributed by atoms with Crippen molar-refractivity contribution >= 4 is 11.9 Å². The molecule has 0 fully saturated rings. The topological polar surface area (TPSA) is 165 Å². The Kier molecular flexibility index (Phi) is 36.4. The molecule has 0 aliphatic carbocycles. The first-order valence-corrected chi connectivity index (χ1v) is 15.4. The van der Waals surface area contributed by atoms with Crippen LogP contribution in [-0.4, -0.2) is 169 Å². The van der Waals surface area contributed by atoms with Crippen LogP contribution in [0, 0.1) is 0 Å². The van der Waals surface area contributed by atoms with Gasteiger partial charge in [0.15, 0.2) is 0 Å². The second-order valence-electron chi connectivity index (χ2n) is 8.85. The van der Waals surface area contributed by atoms with E-state index in [4.69, 9.17) is 61.9 Å². The predicted octanol–water partition coefficient (Wildman–Crippen LogP) is 0.987. The number of ether oxygens (including phenoxy) is 12. The lowest BCUT2D eigenvalue weighted by molar-refractivity contribution is -0.145. The van der Waals surface area contributed by atoms with Gasteiger partial charge in [-0.15, -0.1) is 0 Å². The molecule has 0 radical (unpaired) electrons. The van der Waals surface area contributed by atoms with Gasteiger partial charge in [0.2, 0.25) is 0 Å². The van der Waals surface area contributed by atoms with Crippen LogP contribution < -0.4 is 0 Å². The lowest BCUT2D eigenvalue weighted by atomic mass is 10.3. The average molecular weight is 645 g/mol. The first-order valence-electron chi connectivity index (χ1n) is 15.4. The molecule has 0 spiro atoms. The van der Waals surface area contributed by atoms with Gasteiger partial charge in [-0.3, -0.25) is 9.59 Å². The van der Waals surface area contributed by atoms with Crippen LogP contribution in [0.3, 0.4) is 0 Å². The quantitative estimate of drug-likeness (QED) is 0.0746. The molecule has 0 aliphatic rings. The smallest absolute Gasteiger partial charge is 0.305 e. The number of carboxylic acid groups (broad SMARTS) is 1. The standard InChI is InChI=1S/C29H56O15/c1-2-3-29(32)44-27-26-43-25-24-42-23-22-41-21-20-40-19-18-39-17-16-38-15-14-37-13-12-36-11-10-35-9-8-34-7-6-33-5-4-28(30)31/h2-27H2,1H3,(H,30,31). The van der Waals surface area contributed by atoms with Crippen LogP contribution >= 0.6 is 0 Å². The van der Waals surface area contributed by atoms with Crippen molar-refractivity contribution in [2.24, 2.45) is 0 Å². The Morgan fingerprint density at radius 2 is 0.591 bits per heavy atom. The second-order valence-corrected chi connectivity index (χ2v) is 8.85. The van der Waals surface area contributed by atoms with Gasteiger partial charge in [0.1, 0.15) is 6.61 Å². The molecule has 0 rings (SSSR count). The van der Waals surface area contributed by atoms with E-state index in [0.29, 0.717) is 145 Å². The molecule has 44 heavy (non-hydrogen) atoms. The molecule has 0 heterocycles. The summed E-state index contributed by atoms with van der Waals surface area (Å²) in [7, 11) is 0. The third-order valence-corrected chi connectivity index (χ3v) is 5.13. The molecule has 0 bridgehead atoms. The summed E-state index contributed by atoms with van der Waals surface area (Å²) < 4.78 is 64.2. The fourth-order valence-electron chi connectivity index (χ4n) is 2.95. The fraction of sp³-hybridized carbons (Fsp3) is 0.931. The van der Waals surface area contributed by atoms with Crippen LogP contribution in [0.4, 0.5) is 0 Å². The highest BCUT2D eigenvalue weighted by molar-refractivity contribution is 5.69. The lowest BCUT2D eigenvalue weighted by Gasteiger charge is -2.09. The van der Waals surface area contributed by atoms with E-state index < -0.39 is 5.97 Å². The number of esters is 1. The van der Waals surface area contributed by atoms with Gasteiger partial charge < -0.3 is 61.9 Å². The molecule has 0 amide bonds. The van der Waals surface area contributed by atoms with Gasteiger partial charge >= 0.3 is 11.9 Å². The van der Waals surface area contributed by atoms with E-state index in [1.165, 1.54) is 0 Å². The van der Waals surface area contributed by atoms with Crippen LogP contribution in [0.25, 0.3) is 0 Å². The second kappa shape index (κ2) is 37.7. The van der Waals surface area contributed by atoms with Crippen molar-refractivity contribution in [1.82, 2.24) is 0 Å². The molecule has 1 N–H and O–H groups in total. The molecule has 262 valence electrons. The summed E-state index contributed by atoms with van der Waals surface area (Å²) in [4.78, 5) is 21.5. The van der Waals surface area contributed by atoms with E-state index in [0.717, 1.165) is 6.42 Å². The van der Waals surface area contributed by atoms with Gasteiger partial charge in [-0.05, 0) is 6.42 Å². The SMILES string of the molecule is CCCC(=O)OCCOCCOCCOCCOCCOCCOCCOCCOCCOCCOCCOCCC(=O)O. The maximum Gasteiger partial charge on any atom is 0.305 e. The zero-order chi connectivity index (χ0) is 32.0. The Hall–Kier alpha value is -1.50. The normalized spacial score (nSPS) is 11.3. The van der Waals surface area contributed by atoms with Gasteiger partial charge in [0.25, 0.3) is 0 Å². The number of hydrogen-bond donors (Lipinski definition) is 1. The summed E-state index contributed by atoms with van der Waals surface area (Å²) in [6.07, 6.45) is 1.21. The van der Waals surface area contributed by atoms with E-state index in [-0.39, 0.29) is 25.6 Å². The molecule has 0 atom stereocenters. The summed E-state index contributed by atoms with van der Waals surface area (Å²) in [6, 6.07) is 0. The third kappa shape index (κ3) is 38.5. The molecule has 15 nitrogen and oxygen atoms in total. The summed E-state index contributed by atoms with van der Waals surface area (Å²) >= 11 is 0. The Labute approximate surface area is 261 Å². The van der Waals surface area contributed by atoms with Crippen molar-refractivity contribution in [3.05, 3.63) is 0 Å². The van der Waals surface area contributed by atoms with Gasteiger partial charge in [0, 0.05) is 6.42 Å². The van der Waals surface area contributed by atoms with Crippen LogP contribution in [-0.2, 0) is 66.4 Å². The van der Waals surface area contributed by atoms with Crippen LogP contribution in [0.15, 0.2) is 0 Å². The zero-order valence-corrected chi connectivity index (χ0v) is 26.5. The summed E-state index contributed by atoms with van der Waals surface area (Å²) in [5.41, 5.74) is 0. The zero-order valence-electron chi connectivity index (χ0n) is 26.5. The minimum atomic E-state index is -0.877. The van der Waals surface area contributed by atoms with Crippen molar-refractivity contribution in [1.29, 1.82) is 0 Å². The molecule has 0 aromatic carbocycles. The molecule has 0 aromatic heterocycles. The van der Waals surface area contributed by atoms with Gasteiger partial charge in [-0.1, -0.05) is 6.92 Å². The Bertz CT molecular complexity index is 597. The number of carbonyl (C=O) groups excluding carboxylic acids is 1. The number of carboxylic acids is 1. The van der Waals surface area contributed by atoms with Crippen molar-refractivity contribution < 1.29 is 71.5 Å². The maximum atomic E-state index is 11.2. The Morgan fingerprint density at radius 1 is 0.364 bits per heavy atom. The highest BCUT2D eigenvalue weighted by atomic mass is 16.6. The highest BCUT2D eigenvalue weighted by Gasteiger charge is 2.00. The molecule has 0 saturated carbocycles. The monoisotopic (exact) mass is 644 g/mol. The average Bonchev–Trinajstić information content (AvgIpc) is 3.01. The number of aliphatic carboxylic acids is 1. The first-order chi connectivity index (χ1) is 21.7. The van der Waals surface area contributed by atoms with E-state index >= 15 is 0 Å². The number of carbonyl (C=O) groups is 2. The molecule has 15 heteroatoms. The molecule has 0 saturated heterocycles. The molecular formula is C29H56O15. The van der Waals surface area contributed by atoms with Crippen molar-refractivity contribution in [3.8, 4) is 0 Å². The minimum absolute atomic E-state index is 0.00479. The minimum Gasteiger partial charge on any atom is -0.481 e. The van der Waals surface area contributed by atoms with E-state index in [1.54, 1.807) is 0 Å². The summed E-state index contributed by atoms with van der Waals surface area (Å²) in [5.74, 6) is -1.07. The lowest BCUT2D eigenvalue weighted by Crippen LogP contribution is -2.15. The van der Waals surface area contributed by atoms with Crippen LogP contribution in [0.2, 0.25) is 0 Å². The molecule has 0 aliphatic heterocycles. The number of hydrogen-bond acceptors (Lipinski definition) is 14. The fourth-order valence-corrected chi connectivity index (χ4v) is 2.95. The van der Waals surface area contributed by atoms with Gasteiger partial charge in [-0.25, -0.2) is 0 Å². The third-order valence-electron chi connectivity index (χ3n) is 5.13. The van der Waals surface area contributed by atoms with Gasteiger partial charge in [-0.2, -0.15) is 0 Å². The van der Waals surface area contributed by atoms with E-state index in [1.807, 2.05) is 6.92 Å². The molecular weight excluding hydrogens is 588 g/mol. The van der Waals surface area contributed by atoms with Crippen LogP contribution in [0.1, 0.15) is 26.2 Å². The Balaban J connectivity index is 3.06. The highest BCUT2D eigenvalue weighted by Crippen LogP contribution is 1.91.